The van der Waals surface area contributed by atoms with Crippen LogP contribution in [0, 0.1) is 5.92 Å². The smallest absolute Gasteiger partial charge is 0.381 e. The highest BCUT2D eigenvalue weighted by Crippen LogP contribution is 2.31. The zero-order chi connectivity index (χ0) is 16.3. The fourth-order valence-electron chi connectivity index (χ4n) is 3.01. The van der Waals surface area contributed by atoms with E-state index in [2.05, 4.69) is 4.98 Å². The molecule has 0 amide bonds. The first-order valence-corrected chi connectivity index (χ1v) is 8.00. The summed E-state index contributed by atoms with van der Waals surface area (Å²) in [6, 6.07) is 2.13. The van der Waals surface area contributed by atoms with Crippen LogP contribution in [0.25, 0.3) is 0 Å². The lowest BCUT2D eigenvalue weighted by atomic mass is 10.1. The van der Waals surface area contributed by atoms with Gasteiger partial charge >= 0.3 is 6.18 Å². The van der Waals surface area contributed by atoms with Crippen LogP contribution in [-0.4, -0.2) is 44.0 Å². The molecule has 0 saturated carbocycles. The Labute approximate surface area is 133 Å². The number of rotatable bonds is 4. The molecule has 128 valence electrons. The van der Waals surface area contributed by atoms with Gasteiger partial charge in [-0.1, -0.05) is 0 Å². The van der Waals surface area contributed by atoms with Crippen molar-refractivity contribution in [1.29, 1.82) is 0 Å². The Bertz CT molecular complexity index is 510. The minimum Gasteiger partial charge on any atom is -0.381 e. The number of halogens is 3. The number of anilines is 1. The average molecular weight is 330 g/mol. The number of hydrogen-bond acceptors (Lipinski definition) is 4. The Balaban J connectivity index is 1.50. The second kappa shape index (κ2) is 7.05. The molecule has 0 N–H and O–H groups in total. The van der Waals surface area contributed by atoms with Gasteiger partial charge in [0.05, 0.1) is 24.9 Å². The van der Waals surface area contributed by atoms with Crippen LogP contribution in [0.5, 0.6) is 0 Å². The van der Waals surface area contributed by atoms with Gasteiger partial charge in [-0.15, -0.1) is 0 Å². The summed E-state index contributed by atoms with van der Waals surface area (Å²) in [7, 11) is 0. The van der Waals surface area contributed by atoms with E-state index >= 15 is 0 Å². The van der Waals surface area contributed by atoms with E-state index in [1.165, 1.54) is 6.20 Å². The molecule has 2 aliphatic heterocycles. The van der Waals surface area contributed by atoms with Crippen LogP contribution in [-0.2, 0) is 15.7 Å². The Morgan fingerprint density at radius 3 is 2.70 bits per heavy atom. The number of pyridine rings is 1. The lowest BCUT2D eigenvalue weighted by Gasteiger charge is -2.33. The topological polar surface area (TPSA) is 34.6 Å². The Morgan fingerprint density at radius 2 is 2.04 bits per heavy atom. The Hall–Kier alpha value is -1.34. The van der Waals surface area contributed by atoms with Gasteiger partial charge in [0, 0.05) is 31.8 Å². The van der Waals surface area contributed by atoms with Crippen LogP contribution < -0.4 is 4.90 Å². The third-order valence-electron chi connectivity index (χ3n) is 4.43. The first-order chi connectivity index (χ1) is 11.0. The van der Waals surface area contributed by atoms with Gasteiger partial charge in [0.25, 0.3) is 0 Å². The van der Waals surface area contributed by atoms with Crippen LogP contribution in [0.15, 0.2) is 18.3 Å². The van der Waals surface area contributed by atoms with Gasteiger partial charge in [-0.25, -0.2) is 4.98 Å². The summed E-state index contributed by atoms with van der Waals surface area (Å²) in [6.07, 6.45) is -0.259. The van der Waals surface area contributed by atoms with Crippen molar-refractivity contribution in [2.75, 3.05) is 37.8 Å². The fraction of sp³-hybridized carbons (Fsp3) is 0.688. The molecular weight excluding hydrogens is 309 g/mol. The molecule has 1 unspecified atom stereocenters. The maximum absolute atomic E-state index is 12.8. The van der Waals surface area contributed by atoms with Crippen molar-refractivity contribution in [3.8, 4) is 0 Å². The Morgan fingerprint density at radius 1 is 1.26 bits per heavy atom. The SMILES string of the molecule is FC(F)(F)c1ccnc(N2CCC(OCC3CCOC3)CC2)c1. The average Bonchev–Trinajstić information content (AvgIpc) is 3.06. The molecule has 2 saturated heterocycles. The molecule has 0 spiro atoms. The standard InChI is InChI=1S/C16H21F3N2O2/c17-16(18,19)13-1-5-20-15(9-13)21-6-2-14(3-7-21)23-11-12-4-8-22-10-12/h1,5,9,12,14H,2-4,6-8,10-11H2. The molecule has 2 fully saturated rings. The van der Waals surface area contributed by atoms with Gasteiger partial charge in [0.2, 0.25) is 0 Å². The second-order valence-electron chi connectivity index (χ2n) is 6.15. The van der Waals surface area contributed by atoms with E-state index < -0.39 is 11.7 Å². The fourth-order valence-corrected chi connectivity index (χ4v) is 3.01. The molecule has 0 aliphatic carbocycles. The zero-order valence-corrected chi connectivity index (χ0v) is 12.9. The quantitative estimate of drug-likeness (QED) is 0.850. The van der Waals surface area contributed by atoms with E-state index in [9.17, 15) is 13.2 Å². The predicted octanol–water partition coefficient (Wildman–Crippen LogP) is 3.12. The van der Waals surface area contributed by atoms with E-state index in [4.69, 9.17) is 9.47 Å². The van der Waals surface area contributed by atoms with Crippen LogP contribution in [0.3, 0.4) is 0 Å². The van der Waals surface area contributed by atoms with E-state index in [-0.39, 0.29) is 6.10 Å². The first kappa shape index (κ1) is 16.5. The number of aromatic nitrogens is 1. The number of piperidine rings is 1. The maximum Gasteiger partial charge on any atom is 0.416 e. The van der Waals surface area contributed by atoms with Crippen LogP contribution >= 0.6 is 0 Å². The highest BCUT2D eigenvalue weighted by molar-refractivity contribution is 5.42. The third kappa shape index (κ3) is 4.35. The molecule has 1 aromatic rings. The molecule has 0 radical (unpaired) electrons. The van der Waals surface area contributed by atoms with Crippen molar-refractivity contribution in [2.45, 2.75) is 31.5 Å². The highest BCUT2D eigenvalue weighted by Gasteiger charge is 2.31. The molecule has 3 heterocycles. The molecule has 0 aromatic carbocycles. The van der Waals surface area contributed by atoms with E-state index in [1.807, 2.05) is 4.90 Å². The van der Waals surface area contributed by atoms with E-state index in [0.29, 0.717) is 31.4 Å². The molecule has 2 aliphatic rings. The minimum absolute atomic E-state index is 0.178. The number of nitrogens with zero attached hydrogens (tertiary/aromatic N) is 2. The summed E-state index contributed by atoms with van der Waals surface area (Å²) in [4.78, 5) is 5.98. The summed E-state index contributed by atoms with van der Waals surface area (Å²) in [6.45, 7) is 3.63. The minimum atomic E-state index is -4.33. The van der Waals surface area contributed by atoms with Crippen molar-refractivity contribution in [1.82, 2.24) is 4.98 Å². The summed E-state index contributed by atoms with van der Waals surface area (Å²) in [5.41, 5.74) is -0.651. The lowest BCUT2D eigenvalue weighted by molar-refractivity contribution is -0.137. The molecule has 3 rings (SSSR count). The molecule has 1 aromatic heterocycles. The van der Waals surface area contributed by atoms with Crippen molar-refractivity contribution < 1.29 is 22.6 Å². The highest BCUT2D eigenvalue weighted by atomic mass is 19.4. The summed E-state index contributed by atoms with van der Waals surface area (Å²) >= 11 is 0. The summed E-state index contributed by atoms with van der Waals surface area (Å²) < 4.78 is 49.6. The monoisotopic (exact) mass is 330 g/mol. The molecule has 23 heavy (non-hydrogen) atoms. The summed E-state index contributed by atoms with van der Waals surface area (Å²) in [5, 5.41) is 0. The van der Waals surface area contributed by atoms with Crippen LogP contribution in [0.1, 0.15) is 24.8 Å². The zero-order valence-electron chi connectivity index (χ0n) is 12.9. The van der Waals surface area contributed by atoms with Gasteiger partial charge in [-0.05, 0) is 31.4 Å². The number of alkyl halides is 3. The summed E-state index contributed by atoms with van der Waals surface area (Å²) in [5.74, 6) is 0.876. The number of hydrogen-bond donors (Lipinski definition) is 0. The second-order valence-corrected chi connectivity index (χ2v) is 6.15. The third-order valence-corrected chi connectivity index (χ3v) is 4.43. The van der Waals surface area contributed by atoms with Crippen LogP contribution in [0.4, 0.5) is 19.0 Å². The number of ether oxygens (including phenoxy) is 2. The van der Waals surface area contributed by atoms with E-state index in [1.54, 1.807) is 0 Å². The van der Waals surface area contributed by atoms with Crippen LogP contribution in [0.2, 0.25) is 0 Å². The molecule has 7 heteroatoms. The van der Waals surface area contributed by atoms with Crippen molar-refractivity contribution >= 4 is 5.82 Å². The van der Waals surface area contributed by atoms with Crippen molar-refractivity contribution in [3.63, 3.8) is 0 Å². The van der Waals surface area contributed by atoms with Gasteiger partial charge in [0.1, 0.15) is 5.82 Å². The first-order valence-electron chi connectivity index (χ1n) is 8.00. The predicted molar refractivity (Wildman–Crippen MR) is 79.4 cm³/mol. The van der Waals surface area contributed by atoms with Crippen molar-refractivity contribution in [3.05, 3.63) is 23.9 Å². The lowest BCUT2D eigenvalue weighted by Crippen LogP contribution is -2.38. The van der Waals surface area contributed by atoms with E-state index in [0.717, 1.165) is 44.6 Å². The normalized spacial score (nSPS) is 23.4. The maximum atomic E-state index is 12.8. The molecule has 1 atom stereocenters. The van der Waals surface area contributed by atoms with Gasteiger partial charge in [0.15, 0.2) is 0 Å². The largest absolute Gasteiger partial charge is 0.416 e. The molecular formula is C16H21F3N2O2. The molecule has 4 nitrogen and oxygen atoms in total. The van der Waals surface area contributed by atoms with Gasteiger partial charge in [-0.3, -0.25) is 0 Å². The van der Waals surface area contributed by atoms with Crippen molar-refractivity contribution in [2.24, 2.45) is 5.92 Å². The molecule has 0 bridgehead atoms. The van der Waals surface area contributed by atoms with Gasteiger partial charge < -0.3 is 14.4 Å². The Kier molecular flexibility index (Phi) is 5.06. The van der Waals surface area contributed by atoms with Gasteiger partial charge in [-0.2, -0.15) is 13.2 Å².